The van der Waals surface area contributed by atoms with Crippen molar-refractivity contribution in [1.29, 1.82) is 0 Å². The molecule has 0 aromatic rings. The molecule has 0 N–H and O–H groups in total. The molecule has 0 spiro atoms. The van der Waals surface area contributed by atoms with Crippen molar-refractivity contribution in [3.63, 3.8) is 0 Å². The average molecular weight is 721 g/mol. The number of Topliss-reactive ketones (excluding diaryl/α,β-unsaturated/α-hetero) is 1. The molecule has 0 aromatic heterocycles. The smallest absolute Gasteiger partial charge is 0.334 e. The molecule has 0 radical (unpaired) electrons. The second-order valence-electron chi connectivity index (χ2n) is 14.7. The van der Waals surface area contributed by atoms with Crippen molar-refractivity contribution in [1.82, 2.24) is 0 Å². The van der Waals surface area contributed by atoms with Crippen LogP contribution in [-0.4, -0.2) is 66.3 Å². The van der Waals surface area contributed by atoms with Gasteiger partial charge in [0.25, 0.3) is 0 Å². The van der Waals surface area contributed by atoms with Crippen molar-refractivity contribution >= 4 is 29.7 Å². The molecule has 0 aromatic carbocycles. The molecule has 2 aliphatic heterocycles. The summed E-state index contributed by atoms with van der Waals surface area (Å²) in [6, 6.07) is 0. The van der Waals surface area contributed by atoms with E-state index >= 15 is 0 Å². The van der Waals surface area contributed by atoms with Crippen LogP contribution in [-0.2, 0) is 47.7 Å². The molecule has 6 atom stereocenters. The molecule has 292 valence electrons. The third-order valence-corrected chi connectivity index (χ3v) is 9.85. The van der Waals surface area contributed by atoms with Crippen molar-refractivity contribution < 1.29 is 47.7 Å². The van der Waals surface area contributed by atoms with E-state index in [1.807, 2.05) is 0 Å². The fourth-order valence-electron chi connectivity index (χ4n) is 7.25. The summed E-state index contributed by atoms with van der Waals surface area (Å²) >= 11 is 0. The minimum absolute atomic E-state index is 0.117. The molecule has 10 heteroatoms. The summed E-state index contributed by atoms with van der Waals surface area (Å²) in [5.41, 5.74) is 0.488. The van der Waals surface area contributed by atoms with Crippen molar-refractivity contribution in [3.05, 3.63) is 11.6 Å². The largest absolute Gasteiger partial charge is 0.462 e. The van der Waals surface area contributed by atoms with Crippen molar-refractivity contribution in [2.24, 2.45) is 0 Å². The molecule has 0 aliphatic carbocycles. The Morgan fingerprint density at radius 2 is 1.14 bits per heavy atom. The molecule has 2 aliphatic rings. The number of hydrogen-bond acceptors (Lipinski definition) is 10. The minimum atomic E-state index is -0.531. The SMILES string of the molecule is CCCCCCCCCCCC[C@@H](OC(C)=O)[C@H]1CC[C@H]([C@@H](CCCCCCCC(=O)CC[C@H](CC2=C[C@H](C)OC2=O)OC(C)=O)OC(C)=O)O1. The Hall–Kier alpha value is -2.75. The number of cyclic esters (lactones) is 1. The number of carbonyl (C=O) groups is 5. The zero-order valence-electron chi connectivity index (χ0n) is 32.4. The summed E-state index contributed by atoms with van der Waals surface area (Å²) in [5.74, 6) is -1.32. The van der Waals surface area contributed by atoms with Gasteiger partial charge in [-0.05, 0) is 64.4 Å². The van der Waals surface area contributed by atoms with Gasteiger partial charge in [-0.2, -0.15) is 0 Å². The lowest BCUT2D eigenvalue weighted by molar-refractivity contribution is -0.163. The van der Waals surface area contributed by atoms with Gasteiger partial charge in [0.05, 0.1) is 12.2 Å². The fourth-order valence-corrected chi connectivity index (χ4v) is 7.25. The average Bonchev–Trinajstić information content (AvgIpc) is 3.68. The van der Waals surface area contributed by atoms with E-state index in [4.69, 9.17) is 23.7 Å². The van der Waals surface area contributed by atoms with Gasteiger partial charge >= 0.3 is 23.9 Å². The Kier molecular flexibility index (Phi) is 22.7. The van der Waals surface area contributed by atoms with E-state index in [-0.39, 0.29) is 54.7 Å². The molecular weight excluding hydrogens is 652 g/mol. The lowest BCUT2D eigenvalue weighted by Crippen LogP contribution is -2.35. The Bertz CT molecular complexity index is 1080. The van der Waals surface area contributed by atoms with Gasteiger partial charge in [-0.25, -0.2) is 4.79 Å². The standard InChI is InChI=1S/C41H68O10/c1-6-7-8-9-10-11-12-13-16-19-22-37(49-32(4)43)39-26-27-40(51-39)38(50-33(5)44)23-20-17-14-15-18-21-35(45)24-25-36(48-31(3)42)29-34-28-30(2)47-41(34)46/h28,30,36-40H,6-27,29H2,1-5H3/t30-,36+,37+,38+,39+,40+/m0/s1. The van der Waals surface area contributed by atoms with E-state index in [0.717, 1.165) is 64.2 Å². The van der Waals surface area contributed by atoms with Gasteiger partial charge in [0, 0.05) is 45.6 Å². The maximum Gasteiger partial charge on any atom is 0.334 e. The van der Waals surface area contributed by atoms with Crippen LogP contribution in [0.15, 0.2) is 11.6 Å². The Balaban J connectivity index is 1.67. The second-order valence-corrected chi connectivity index (χ2v) is 14.7. The van der Waals surface area contributed by atoms with Crippen LogP contribution in [0.2, 0.25) is 0 Å². The van der Waals surface area contributed by atoms with Crippen LogP contribution in [0.3, 0.4) is 0 Å². The number of carbonyl (C=O) groups excluding carboxylic acids is 5. The van der Waals surface area contributed by atoms with Gasteiger partial charge in [-0.3, -0.25) is 19.2 Å². The van der Waals surface area contributed by atoms with Crippen LogP contribution in [0.5, 0.6) is 0 Å². The lowest BCUT2D eigenvalue weighted by Gasteiger charge is -2.27. The van der Waals surface area contributed by atoms with Gasteiger partial charge in [-0.15, -0.1) is 0 Å². The van der Waals surface area contributed by atoms with Gasteiger partial charge in [0.1, 0.15) is 30.2 Å². The number of unbranched alkanes of at least 4 members (excludes halogenated alkanes) is 13. The molecule has 51 heavy (non-hydrogen) atoms. The highest BCUT2D eigenvalue weighted by molar-refractivity contribution is 5.91. The summed E-state index contributed by atoms with van der Waals surface area (Å²) in [6.07, 6.45) is 21.3. The lowest BCUT2D eigenvalue weighted by atomic mass is 9.99. The van der Waals surface area contributed by atoms with Crippen LogP contribution < -0.4 is 0 Å². The number of ether oxygens (including phenoxy) is 5. The van der Waals surface area contributed by atoms with E-state index in [9.17, 15) is 24.0 Å². The van der Waals surface area contributed by atoms with Crippen LogP contribution in [0.1, 0.15) is 182 Å². The molecule has 2 heterocycles. The topological polar surface area (TPSA) is 132 Å². The Morgan fingerprint density at radius 1 is 0.667 bits per heavy atom. The van der Waals surface area contributed by atoms with Crippen molar-refractivity contribution in [2.75, 3.05) is 0 Å². The third-order valence-electron chi connectivity index (χ3n) is 9.85. The van der Waals surface area contributed by atoms with Crippen LogP contribution in [0.25, 0.3) is 0 Å². The van der Waals surface area contributed by atoms with E-state index in [1.54, 1.807) is 13.0 Å². The number of esters is 4. The molecule has 1 saturated heterocycles. The van der Waals surface area contributed by atoms with Gasteiger partial charge in [0.15, 0.2) is 0 Å². The summed E-state index contributed by atoms with van der Waals surface area (Å²) in [5, 5.41) is 0. The molecule has 2 rings (SSSR count). The highest BCUT2D eigenvalue weighted by Gasteiger charge is 2.38. The zero-order valence-corrected chi connectivity index (χ0v) is 32.4. The molecule has 10 nitrogen and oxygen atoms in total. The maximum absolute atomic E-state index is 12.6. The number of hydrogen-bond donors (Lipinski definition) is 0. The molecule has 0 bridgehead atoms. The Labute approximate surface area is 307 Å². The van der Waals surface area contributed by atoms with Crippen LogP contribution in [0.4, 0.5) is 0 Å². The molecular formula is C41H68O10. The quantitative estimate of drug-likeness (QED) is 0.0419. The molecule has 0 saturated carbocycles. The monoisotopic (exact) mass is 720 g/mol. The van der Waals surface area contributed by atoms with E-state index < -0.39 is 18.0 Å². The van der Waals surface area contributed by atoms with E-state index in [0.29, 0.717) is 31.3 Å². The predicted molar refractivity (Wildman–Crippen MR) is 196 cm³/mol. The predicted octanol–water partition coefficient (Wildman–Crippen LogP) is 8.98. The number of rotatable bonds is 29. The van der Waals surface area contributed by atoms with E-state index in [2.05, 4.69) is 6.92 Å². The first-order valence-corrected chi connectivity index (χ1v) is 20.1. The highest BCUT2D eigenvalue weighted by atomic mass is 16.6. The van der Waals surface area contributed by atoms with Gasteiger partial charge in [0.2, 0.25) is 0 Å². The van der Waals surface area contributed by atoms with Crippen LogP contribution in [0, 0.1) is 0 Å². The maximum atomic E-state index is 12.6. The normalized spacial score (nSPS) is 20.3. The van der Waals surface area contributed by atoms with Crippen LogP contribution >= 0.6 is 0 Å². The zero-order chi connectivity index (χ0) is 37.4. The summed E-state index contributed by atoms with van der Waals surface area (Å²) in [7, 11) is 0. The first-order chi connectivity index (χ1) is 24.5. The number of ketones is 1. The summed E-state index contributed by atoms with van der Waals surface area (Å²) in [6.45, 7) is 8.22. The molecule has 0 amide bonds. The summed E-state index contributed by atoms with van der Waals surface area (Å²) in [4.78, 5) is 60.0. The van der Waals surface area contributed by atoms with Gasteiger partial charge < -0.3 is 23.7 Å². The first-order valence-electron chi connectivity index (χ1n) is 20.1. The van der Waals surface area contributed by atoms with E-state index in [1.165, 1.54) is 72.1 Å². The molecule has 0 unspecified atom stereocenters. The minimum Gasteiger partial charge on any atom is -0.462 e. The second kappa shape index (κ2) is 26.1. The Morgan fingerprint density at radius 3 is 1.59 bits per heavy atom. The van der Waals surface area contributed by atoms with Gasteiger partial charge in [-0.1, -0.05) is 84.0 Å². The molecule has 1 fully saturated rings. The van der Waals surface area contributed by atoms with Crippen molar-refractivity contribution in [2.45, 2.75) is 219 Å². The van der Waals surface area contributed by atoms with Crippen molar-refractivity contribution in [3.8, 4) is 0 Å². The highest BCUT2D eigenvalue weighted by Crippen LogP contribution is 2.31. The third kappa shape index (κ3) is 20.2. The summed E-state index contributed by atoms with van der Waals surface area (Å²) < 4.78 is 28.3. The fraction of sp³-hybridized carbons (Fsp3) is 0.829. The first kappa shape index (κ1) is 44.4.